The zero-order chi connectivity index (χ0) is 17.9. The molecule has 1 aliphatic heterocycles. The molecule has 136 valence electrons. The quantitative estimate of drug-likeness (QED) is 0.853. The average molecular weight is 383 g/mol. The number of thiophene rings is 1. The third-order valence-electron chi connectivity index (χ3n) is 4.32. The molecule has 1 unspecified atom stereocenters. The number of aromatic nitrogens is 2. The van der Waals surface area contributed by atoms with Crippen molar-refractivity contribution in [1.82, 2.24) is 20.0 Å². The van der Waals surface area contributed by atoms with Crippen molar-refractivity contribution >= 4 is 27.2 Å². The second-order valence-corrected chi connectivity index (χ2v) is 9.08. The number of sulfone groups is 1. The summed E-state index contributed by atoms with van der Waals surface area (Å²) in [4.78, 5) is 14.2. The molecule has 0 radical (unpaired) electrons. The molecule has 0 aliphatic carbocycles. The molecule has 25 heavy (non-hydrogen) atoms. The Kier molecular flexibility index (Phi) is 5.43. The van der Waals surface area contributed by atoms with E-state index in [0.29, 0.717) is 13.1 Å². The summed E-state index contributed by atoms with van der Waals surface area (Å²) in [6, 6.07) is 1.33. The minimum absolute atomic E-state index is 0.00334. The fourth-order valence-electron chi connectivity index (χ4n) is 2.90. The first-order valence-corrected chi connectivity index (χ1v) is 11.0. The number of hydrogen-bond acceptors (Lipinski definition) is 5. The molecule has 0 spiro atoms. The summed E-state index contributed by atoms with van der Waals surface area (Å²) in [6.07, 6.45) is 4.23. The van der Waals surface area contributed by atoms with Crippen molar-refractivity contribution in [1.29, 1.82) is 0 Å². The number of hydrogen-bond donors (Lipinski definition) is 1. The summed E-state index contributed by atoms with van der Waals surface area (Å²) in [5.74, 6) is -0.0519. The van der Waals surface area contributed by atoms with Gasteiger partial charge in [0.15, 0.2) is 9.84 Å². The molecule has 2 aromatic heterocycles. The van der Waals surface area contributed by atoms with Gasteiger partial charge in [-0.3, -0.25) is 4.68 Å². The number of nitrogens with one attached hydrogen (secondary N) is 1. The van der Waals surface area contributed by atoms with Crippen molar-refractivity contribution in [2.45, 2.75) is 25.9 Å². The molecule has 1 aliphatic rings. The lowest BCUT2D eigenvalue weighted by Crippen LogP contribution is -2.50. The van der Waals surface area contributed by atoms with Crippen molar-refractivity contribution in [2.24, 2.45) is 0 Å². The van der Waals surface area contributed by atoms with Crippen LogP contribution in [0.2, 0.25) is 0 Å². The molecule has 3 heterocycles. The normalized spacial score (nSPS) is 19.7. The molecule has 1 fully saturated rings. The number of urea groups is 1. The molecular formula is C16H22N4O3S2. The monoisotopic (exact) mass is 382 g/mol. The second kappa shape index (κ2) is 7.57. The lowest BCUT2D eigenvalue weighted by atomic mass is 10.1. The van der Waals surface area contributed by atoms with Crippen LogP contribution >= 0.6 is 11.3 Å². The van der Waals surface area contributed by atoms with Crippen LogP contribution in [0.3, 0.4) is 0 Å². The molecule has 1 saturated heterocycles. The zero-order valence-corrected chi connectivity index (χ0v) is 15.7. The van der Waals surface area contributed by atoms with Gasteiger partial charge in [0.25, 0.3) is 0 Å². The number of aryl methyl sites for hydroxylation is 1. The summed E-state index contributed by atoms with van der Waals surface area (Å²) in [5, 5.41) is 11.2. The van der Waals surface area contributed by atoms with E-state index in [1.54, 1.807) is 27.1 Å². The van der Waals surface area contributed by atoms with Crippen LogP contribution in [-0.2, 0) is 22.8 Å². The lowest BCUT2D eigenvalue weighted by molar-refractivity contribution is 0.181. The van der Waals surface area contributed by atoms with Crippen LogP contribution < -0.4 is 5.32 Å². The predicted octanol–water partition coefficient (Wildman–Crippen LogP) is 1.69. The van der Waals surface area contributed by atoms with Gasteiger partial charge in [-0.1, -0.05) is 0 Å². The third-order valence-corrected chi connectivity index (χ3v) is 6.68. The molecule has 7 nitrogen and oxygen atoms in total. The molecule has 0 aromatic carbocycles. The van der Waals surface area contributed by atoms with Crippen LogP contribution in [0, 0.1) is 0 Å². The molecule has 2 aromatic rings. The summed E-state index contributed by atoms with van der Waals surface area (Å²) in [6.45, 7) is 3.39. The molecular weight excluding hydrogens is 360 g/mol. The number of carbonyl (C=O) groups excluding carboxylic acids is 1. The highest BCUT2D eigenvalue weighted by Gasteiger charge is 2.35. The van der Waals surface area contributed by atoms with Crippen LogP contribution in [0.5, 0.6) is 0 Å². The van der Waals surface area contributed by atoms with Crippen molar-refractivity contribution in [3.63, 3.8) is 0 Å². The van der Waals surface area contributed by atoms with E-state index < -0.39 is 15.9 Å². The summed E-state index contributed by atoms with van der Waals surface area (Å²) in [5.41, 5.74) is 1.95. The Bertz CT molecular complexity index is 814. The number of rotatable bonds is 5. The topological polar surface area (TPSA) is 84.3 Å². The fourth-order valence-corrected chi connectivity index (χ4v) is 5.10. The minimum atomic E-state index is -3.16. The van der Waals surface area contributed by atoms with Gasteiger partial charge < -0.3 is 10.2 Å². The van der Waals surface area contributed by atoms with Crippen LogP contribution in [0.1, 0.15) is 24.1 Å². The number of amides is 2. The highest BCUT2D eigenvalue weighted by Crippen LogP contribution is 2.26. The van der Waals surface area contributed by atoms with Gasteiger partial charge in [0.05, 0.1) is 23.7 Å². The Morgan fingerprint density at radius 2 is 2.32 bits per heavy atom. The molecule has 0 saturated carbocycles. The van der Waals surface area contributed by atoms with Crippen molar-refractivity contribution in [3.05, 3.63) is 40.3 Å². The van der Waals surface area contributed by atoms with E-state index in [9.17, 15) is 13.2 Å². The van der Waals surface area contributed by atoms with E-state index in [2.05, 4.69) is 15.8 Å². The Hall–Kier alpha value is -1.87. The molecule has 9 heteroatoms. The largest absolute Gasteiger partial charge is 0.338 e. The van der Waals surface area contributed by atoms with Gasteiger partial charge in [0.1, 0.15) is 0 Å². The van der Waals surface area contributed by atoms with Crippen molar-refractivity contribution in [3.8, 4) is 0 Å². The number of nitrogens with zero attached hydrogens (tertiary/aromatic N) is 3. The van der Waals surface area contributed by atoms with Crippen molar-refractivity contribution < 1.29 is 13.2 Å². The molecule has 3 rings (SSSR count). The van der Waals surface area contributed by atoms with E-state index in [-0.39, 0.29) is 24.1 Å². The maximum absolute atomic E-state index is 12.6. The Labute approximate surface area is 151 Å². The maximum atomic E-state index is 12.6. The van der Waals surface area contributed by atoms with Gasteiger partial charge in [-0.05, 0) is 35.7 Å². The van der Waals surface area contributed by atoms with Crippen LogP contribution in [0.25, 0.3) is 0 Å². The Balaban J connectivity index is 1.69. The molecule has 1 N–H and O–H groups in total. The predicted molar refractivity (Wildman–Crippen MR) is 97.4 cm³/mol. The Morgan fingerprint density at radius 1 is 1.48 bits per heavy atom. The standard InChI is InChI=1S/C16H22N4O3S2/c1-2-19-10-14(9-18-19)15-12-25(22,23)8-6-20(15)16(21)17-5-3-13-4-7-24-11-13/h4,7,9-11,15H,2-3,5-6,8,12H2,1H3,(H,17,21). The van der Waals surface area contributed by atoms with Gasteiger partial charge in [-0.15, -0.1) is 0 Å². The van der Waals surface area contributed by atoms with Gasteiger partial charge in [0, 0.05) is 31.4 Å². The summed E-state index contributed by atoms with van der Waals surface area (Å²) in [7, 11) is -3.16. The summed E-state index contributed by atoms with van der Waals surface area (Å²) < 4.78 is 25.9. The first kappa shape index (κ1) is 17.9. The van der Waals surface area contributed by atoms with Crippen LogP contribution in [-0.4, -0.2) is 53.7 Å². The third kappa shape index (κ3) is 4.40. The maximum Gasteiger partial charge on any atom is 0.317 e. The fraction of sp³-hybridized carbons (Fsp3) is 0.500. The van der Waals surface area contributed by atoms with Crippen LogP contribution in [0.15, 0.2) is 29.2 Å². The molecule has 0 bridgehead atoms. The van der Waals surface area contributed by atoms with Gasteiger partial charge in [0.2, 0.25) is 0 Å². The van der Waals surface area contributed by atoms with Gasteiger partial charge >= 0.3 is 6.03 Å². The van der Waals surface area contributed by atoms with E-state index in [1.807, 2.05) is 24.6 Å². The Morgan fingerprint density at radius 3 is 3.00 bits per heavy atom. The van der Waals surface area contributed by atoms with E-state index in [1.165, 1.54) is 5.56 Å². The van der Waals surface area contributed by atoms with Crippen LogP contribution in [0.4, 0.5) is 4.79 Å². The van der Waals surface area contributed by atoms with Gasteiger partial charge in [-0.2, -0.15) is 16.4 Å². The second-order valence-electron chi connectivity index (χ2n) is 6.07. The van der Waals surface area contributed by atoms with E-state index in [4.69, 9.17) is 0 Å². The highest BCUT2D eigenvalue weighted by molar-refractivity contribution is 7.91. The SMILES string of the molecule is CCn1cc(C2CS(=O)(=O)CCN2C(=O)NCCc2ccsc2)cn1. The first-order valence-electron chi connectivity index (χ1n) is 8.27. The first-order chi connectivity index (χ1) is 12.0. The molecule has 1 atom stereocenters. The minimum Gasteiger partial charge on any atom is -0.338 e. The summed E-state index contributed by atoms with van der Waals surface area (Å²) >= 11 is 1.63. The zero-order valence-electron chi connectivity index (χ0n) is 14.1. The highest BCUT2D eigenvalue weighted by atomic mass is 32.2. The molecule has 2 amide bonds. The smallest absolute Gasteiger partial charge is 0.317 e. The van der Waals surface area contributed by atoms with Crippen molar-refractivity contribution in [2.75, 3.05) is 24.6 Å². The van der Waals surface area contributed by atoms with Gasteiger partial charge in [-0.25, -0.2) is 13.2 Å². The average Bonchev–Trinajstić information content (AvgIpc) is 3.25. The van der Waals surface area contributed by atoms with E-state index >= 15 is 0 Å². The number of carbonyl (C=O) groups is 1. The lowest BCUT2D eigenvalue weighted by Gasteiger charge is -2.35. The van der Waals surface area contributed by atoms with E-state index in [0.717, 1.165) is 12.0 Å².